The Morgan fingerprint density at radius 3 is 2.27 bits per heavy atom. The molecule has 0 atom stereocenters. The average molecular weight is 416 g/mol. The minimum absolute atomic E-state index is 0. The molecule has 6 nitrogen and oxygen atoms in total. The Labute approximate surface area is 163 Å². The van der Waals surface area contributed by atoms with Crippen LogP contribution in [-0.2, 0) is 14.6 Å². The number of pyridine rings is 1. The predicted octanol–water partition coefficient (Wildman–Crippen LogP) is 3.46. The van der Waals surface area contributed by atoms with Gasteiger partial charge in [0.15, 0.2) is 14.6 Å². The van der Waals surface area contributed by atoms with Crippen LogP contribution in [-0.4, -0.2) is 24.1 Å². The molecule has 3 N–H and O–H groups in total. The van der Waals surface area contributed by atoms with E-state index in [2.05, 4.69) is 10.3 Å². The average Bonchev–Trinajstić information content (AvgIpc) is 3.09. The van der Waals surface area contributed by atoms with E-state index in [0.29, 0.717) is 29.4 Å². The van der Waals surface area contributed by atoms with Crippen molar-refractivity contribution in [2.75, 3.05) is 11.1 Å². The van der Waals surface area contributed by atoms with Crippen molar-refractivity contribution in [3.05, 3.63) is 47.6 Å². The molecule has 0 aliphatic heterocycles. The lowest BCUT2D eigenvalue weighted by Crippen LogP contribution is -2.47. The second kappa shape index (κ2) is 7.82. The lowest BCUT2D eigenvalue weighted by Gasteiger charge is -2.27. The zero-order valence-electron chi connectivity index (χ0n) is 13.8. The Morgan fingerprint density at radius 1 is 1.12 bits per heavy atom. The molecule has 1 amide bonds. The molecule has 1 aromatic heterocycles. The van der Waals surface area contributed by atoms with Crippen molar-refractivity contribution in [1.29, 1.82) is 0 Å². The molecule has 1 aliphatic rings. The molecule has 0 bridgehead atoms. The number of amides is 1. The van der Waals surface area contributed by atoms with Gasteiger partial charge in [-0.3, -0.25) is 4.79 Å². The van der Waals surface area contributed by atoms with Gasteiger partial charge in [0, 0.05) is 5.02 Å². The number of nitrogens with two attached hydrogens (primary N) is 1. The minimum Gasteiger partial charge on any atom is -0.384 e. The fourth-order valence-electron chi connectivity index (χ4n) is 3.13. The summed E-state index contributed by atoms with van der Waals surface area (Å²) in [6, 6.07) is 9.05. The number of nitrogen functional groups attached to an aromatic ring is 1. The Hall–Kier alpha value is -1.83. The SMILES string of the molecule is Cl.Nc1ccc(NC(=O)C2(S(=O)(=O)c3ccc(Cl)cc3)CCCC2)cn1. The molecule has 26 heavy (non-hydrogen) atoms. The van der Waals surface area contributed by atoms with E-state index >= 15 is 0 Å². The van der Waals surface area contributed by atoms with E-state index in [1.54, 1.807) is 12.1 Å². The van der Waals surface area contributed by atoms with E-state index in [1.807, 2.05) is 0 Å². The molecule has 1 saturated carbocycles. The maximum absolute atomic E-state index is 13.2. The monoisotopic (exact) mass is 415 g/mol. The van der Waals surface area contributed by atoms with Crippen LogP contribution < -0.4 is 11.1 Å². The highest BCUT2D eigenvalue weighted by Gasteiger charge is 2.52. The summed E-state index contributed by atoms with van der Waals surface area (Å²) in [6.45, 7) is 0. The molecule has 3 rings (SSSR count). The number of halogens is 2. The van der Waals surface area contributed by atoms with Crippen molar-refractivity contribution in [1.82, 2.24) is 4.98 Å². The molecule has 9 heteroatoms. The Kier molecular flexibility index (Phi) is 6.16. The molecule has 1 aliphatic carbocycles. The van der Waals surface area contributed by atoms with E-state index in [-0.39, 0.29) is 30.1 Å². The van der Waals surface area contributed by atoms with Gasteiger partial charge in [0.2, 0.25) is 5.91 Å². The van der Waals surface area contributed by atoms with Crippen molar-refractivity contribution in [2.24, 2.45) is 0 Å². The number of hydrogen-bond donors (Lipinski definition) is 2. The third-order valence-corrected chi connectivity index (χ3v) is 7.27. The van der Waals surface area contributed by atoms with Gasteiger partial charge in [0.1, 0.15) is 5.82 Å². The Bertz CT molecular complexity index is 878. The standard InChI is InChI=1S/C17H18ClN3O3S.ClH/c18-12-3-6-14(7-4-12)25(23,24)17(9-1-2-10-17)16(22)21-13-5-8-15(19)20-11-13;/h3-8,11H,1-2,9-10H2,(H2,19,20)(H,21,22);1H. The van der Waals surface area contributed by atoms with Crippen LogP contribution in [0, 0.1) is 0 Å². The van der Waals surface area contributed by atoms with Gasteiger partial charge in [-0.25, -0.2) is 13.4 Å². The quantitative estimate of drug-likeness (QED) is 0.795. The first-order valence-corrected chi connectivity index (χ1v) is 9.74. The largest absolute Gasteiger partial charge is 0.384 e. The fourth-order valence-corrected chi connectivity index (χ4v) is 5.32. The van der Waals surface area contributed by atoms with Crippen molar-refractivity contribution >= 4 is 51.3 Å². The zero-order valence-corrected chi connectivity index (χ0v) is 16.2. The van der Waals surface area contributed by atoms with Crippen molar-refractivity contribution in [2.45, 2.75) is 35.3 Å². The summed E-state index contributed by atoms with van der Waals surface area (Å²) >= 11 is 5.85. The van der Waals surface area contributed by atoms with E-state index in [9.17, 15) is 13.2 Å². The third-order valence-electron chi connectivity index (χ3n) is 4.51. The smallest absolute Gasteiger partial charge is 0.246 e. The van der Waals surface area contributed by atoms with Crippen LogP contribution in [0.3, 0.4) is 0 Å². The molecule has 1 aromatic carbocycles. The molecule has 1 fully saturated rings. The molecule has 2 aromatic rings. The molecule has 0 unspecified atom stereocenters. The Morgan fingerprint density at radius 2 is 1.73 bits per heavy atom. The fraction of sp³-hybridized carbons (Fsp3) is 0.294. The molecule has 0 spiro atoms. The molecule has 0 radical (unpaired) electrons. The number of nitrogens with zero attached hydrogens (tertiary/aromatic N) is 1. The number of aromatic nitrogens is 1. The van der Waals surface area contributed by atoms with E-state index in [4.69, 9.17) is 17.3 Å². The molecular weight excluding hydrogens is 397 g/mol. The predicted molar refractivity (Wildman–Crippen MR) is 104 cm³/mol. The van der Waals surface area contributed by atoms with Gasteiger partial charge in [-0.2, -0.15) is 0 Å². The van der Waals surface area contributed by atoms with Gasteiger partial charge in [-0.05, 0) is 49.2 Å². The Balaban J connectivity index is 0.00000243. The highest BCUT2D eigenvalue weighted by molar-refractivity contribution is 7.93. The molecule has 140 valence electrons. The number of benzene rings is 1. The van der Waals surface area contributed by atoms with Crippen molar-refractivity contribution in [3.63, 3.8) is 0 Å². The summed E-state index contributed by atoms with van der Waals surface area (Å²) in [6.07, 6.45) is 3.34. The van der Waals surface area contributed by atoms with Crippen LogP contribution in [0.5, 0.6) is 0 Å². The first kappa shape index (κ1) is 20.5. The maximum Gasteiger partial charge on any atom is 0.246 e. The lowest BCUT2D eigenvalue weighted by molar-refractivity contribution is -0.118. The van der Waals surface area contributed by atoms with Crippen LogP contribution in [0.25, 0.3) is 0 Å². The van der Waals surface area contributed by atoms with Gasteiger partial charge >= 0.3 is 0 Å². The first-order valence-electron chi connectivity index (χ1n) is 7.88. The summed E-state index contributed by atoms with van der Waals surface area (Å²) in [4.78, 5) is 16.9. The van der Waals surface area contributed by atoms with Gasteiger partial charge in [-0.15, -0.1) is 12.4 Å². The molecule has 0 saturated heterocycles. The van der Waals surface area contributed by atoms with Gasteiger partial charge in [0.05, 0.1) is 16.8 Å². The number of nitrogens with one attached hydrogen (secondary N) is 1. The van der Waals surface area contributed by atoms with E-state index in [0.717, 1.165) is 0 Å². The number of carbonyl (C=O) groups excluding carboxylic acids is 1. The number of carbonyl (C=O) groups is 1. The summed E-state index contributed by atoms with van der Waals surface area (Å²) in [5.41, 5.74) is 5.95. The number of sulfone groups is 1. The van der Waals surface area contributed by atoms with Crippen LogP contribution in [0.15, 0.2) is 47.5 Å². The van der Waals surface area contributed by atoms with Crippen LogP contribution in [0.4, 0.5) is 11.5 Å². The summed E-state index contributed by atoms with van der Waals surface area (Å²) in [5, 5.41) is 3.12. The second-order valence-electron chi connectivity index (χ2n) is 6.08. The number of hydrogen-bond acceptors (Lipinski definition) is 5. The molecule has 1 heterocycles. The van der Waals surface area contributed by atoms with Gasteiger partial charge < -0.3 is 11.1 Å². The minimum atomic E-state index is -3.86. The van der Waals surface area contributed by atoms with E-state index in [1.165, 1.54) is 30.5 Å². The van der Waals surface area contributed by atoms with Gasteiger partial charge in [0.25, 0.3) is 0 Å². The van der Waals surface area contributed by atoms with Crippen LogP contribution >= 0.6 is 24.0 Å². The number of rotatable bonds is 4. The summed E-state index contributed by atoms with van der Waals surface area (Å²) < 4.78 is 24.9. The summed E-state index contributed by atoms with van der Waals surface area (Å²) in [5.74, 6) is -0.214. The zero-order chi connectivity index (χ0) is 18.1. The highest BCUT2D eigenvalue weighted by atomic mass is 35.5. The van der Waals surface area contributed by atoms with Crippen molar-refractivity contribution < 1.29 is 13.2 Å². The molecular formula is C17H19Cl2N3O3S. The number of anilines is 2. The van der Waals surface area contributed by atoms with Crippen LogP contribution in [0.1, 0.15) is 25.7 Å². The van der Waals surface area contributed by atoms with E-state index < -0.39 is 20.5 Å². The highest BCUT2D eigenvalue weighted by Crippen LogP contribution is 2.41. The van der Waals surface area contributed by atoms with Crippen LogP contribution in [0.2, 0.25) is 5.02 Å². The van der Waals surface area contributed by atoms with Gasteiger partial charge in [-0.1, -0.05) is 24.4 Å². The van der Waals surface area contributed by atoms with Crippen molar-refractivity contribution in [3.8, 4) is 0 Å². The lowest BCUT2D eigenvalue weighted by atomic mass is 10.1. The maximum atomic E-state index is 13.2. The first-order chi connectivity index (χ1) is 11.8. The second-order valence-corrected chi connectivity index (χ2v) is 8.78. The normalized spacial score (nSPS) is 15.9. The topological polar surface area (TPSA) is 102 Å². The summed E-state index contributed by atoms with van der Waals surface area (Å²) in [7, 11) is -3.86. The third kappa shape index (κ3) is 3.65.